The molecule has 0 aromatic rings. The van der Waals surface area contributed by atoms with Crippen LogP contribution in [0.1, 0.15) is 27.2 Å². The summed E-state index contributed by atoms with van der Waals surface area (Å²) < 4.78 is 41.8. The van der Waals surface area contributed by atoms with Crippen molar-refractivity contribution in [2.24, 2.45) is 0 Å². The van der Waals surface area contributed by atoms with Crippen LogP contribution in [0.2, 0.25) is 0 Å². The molecule has 13 nitrogen and oxygen atoms in total. The van der Waals surface area contributed by atoms with E-state index in [-0.39, 0.29) is 33.2 Å². The van der Waals surface area contributed by atoms with Crippen molar-refractivity contribution >= 4 is 17.9 Å². The van der Waals surface area contributed by atoms with Crippen LogP contribution in [-0.2, 0) is 52.3 Å². The Morgan fingerprint density at radius 3 is 1.70 bits per heavy atom. The lowest BCUT2D eigenvalue weighted by atomic mass is 10.2. The quantitative estimate of drug-likeness (QED) is 0.0865. The second-order valence-electron chi connectivity index (χ2n) is 7.75. The summed E-state index contributed by atoms with van der Waals surface area (Å²) in [5, 5.41) is 18.3. The van der Waals surface area contributed by atoms with E-state index < -0.39 is 48.4 Å². The van der Waals surface area contributed by atoms with E-state index in [1.807, 2.05) is 0 Å². The Kier molecular flexibility index (Phi) is 20.3. The van der Waals surface area contributed by atoms with Crippen molar-refractivity contribution in [2.75, 3.05) is 54.2 Å². The van der Waals surface area contributed by atoms with Crippen LogP contribution < -0.4 is 0 Å². The van der Waals surface area contributed by atoms with Crippen LogP contribution in [-0.4, -0.2) is 113 Å². The number of aliphatic carboxylic acids is 1. The maximum Gasteiger partial charge on any atom is 0.330 e. The summed E-state index contributed by atoms with van der Waals surface area (Å²) in [7, 11) is 3.04. The Morgan fingerprint density at radius 2 is 1.24 bits per heavy atom. The van der Waals surface area contributed by atoms with Gasteiger partial charge in [-0.05, 0) is 32.9 Å². The Labute approximate surface area is 217 Å². The van der Waals surface area contributed by atoms with Crippen LogP contribution in [0.5, 0.6) is 0 Å². The SMILES string of the molecule is COCCOCO[C@H](/C=C/C(=O)O)[C@H](C)OC(=O)/C=C/[C@@H](OCOCCOC)[C@H](C)OC(=O)C[C@@H](C)O. The first-order valence-electron chi connectivity index (χ1n) is 11.6. The summed E-state index contributed by atoms with van der Waals surface area (Å²) >= 11 is 0. The van der Waals surface area contributed by atoms with Gasteiger partial charge in [0.15, 0.2) is 0 Å². The number of methoxy groups -OCH3 is 2. The molecule has 0 amide bonds. The van der Waals surface area contributed by atoms with Crippen LogP contribution in [0.4, 0.5) is 0 Å². The second kappa shape index (κ2) is 21.7. The molecule has 0 fully saturated rings. The molecule has 0 rings (SSSR count). The fourth-order valence-corrected chi connectivity index (χ4v) is 2.55. The van der Waals surface area contributed by atoms with Gasteiger partial charge >= 0.3 is 17.9 Å². The van der Waals surface area contributed by atoms with E-state index >= 15 is 0 Å². The molecule has 0 saturated heterocycles. The molecule has 37 heavy (non-hydrogen) atoms. The number of carbonyl (C=O) groups excluding carboxylic acids is 2. The standard InChI is InChI=1S/C24H40O13/c1-17(25)14-24(29)37-19(3)21(35-16-33-13-11-31-5)7-9-23(28)36-18(2)20(6-8-22(26)27)34-15-32-12-10-30-4/h6-9,17-21,25H,10-16H2,1-5H3,(H,26,27)/b8-6+,9-7+/t17-,18+,19+,20-,21-/m1/s1. The summed E-state index contributed by atoms with van der Waals surface area (Å²) in [6.45, 7) is 5.42. The molecule has 0 aliphatic heterocycles. The van der Waals surface area contributed by atoms with Gasteiger partial charge in [-0.15, -0.1) is 0 Å². The van der Waals surface area contributed by atoms with Crippen molar-refractivity contribution in [3.8, 4) is 0 Å². The second-order valence-corrected chi connectivity index (χ2v) is 7.75. The van der Waals surface area contributed by atoms with E-state index in [9.17, 15) is 19.5 Å². The maximum absolute atomic E-state index is 12.4. The summed E-state index contributed by atoms with van der Waals surface area (Å²) in [6.07, 6.45) is -0.0326. The number of aliphatic hydroxyl groups excluding tert-OH is 1. The Balaban J connectivity index is 5.14. The molecule has 214 valence electrons. The van der Waals surface area contributed by atoms with Crippen molar-refractivity contribution in [1.82, 2.24) is 0 Å². The molecule has 13 heteroatoms. The van der Waals surface area contributed by atoms with Gasteiger partial charge in [-0.1, -0.05) is 0 Å². The number of hydrogen-bond acceptors (Lipinski definition) is 12. The van der Waals surface area contributed by atoms with Gasteiger partial charge in [0.2, 0.25) is 0 Å². The van der Waals surface area contributed by atoms with E-state index in [1.165, 1.54) is 40.2 Å². The van der Waals surface area contributed by atoms with E-state index in [2.05, 4.69) is 0 Å². The van der Waals surface area contributed by atoms with Crippen LogP contribution in [0.25, 0.3) is 0 Å². The molecular formula is C24H40O13. The lowest BCUT2D eigenvalue weighted by Gasteiger charge is -2.23. The Hall–Kier alpha value is -2.39. The topological polar surface area (TPSA) is 166 Å². The highest BCUT2D eigenvalue weighted by atomic mass is 16.7. The van der Waals surface area contributed by atoms with Gasteiger partial charge in [-0.2, -0.15) is 0 Å². The highest BCUT2D eigenvalue weighted by Gasteiger charge is 2.23. The average Bonchev–Trinajstić information content (AvgIpc) is 2.81. The third kappa shape index (κ3) is 19.4. The maximum atomic E-state index is 12.4. The van der Waals surface area contributed by atoms with Crippen LogP contribution in [0.15, 0.2) is 24.3 Å². The van der Waals surface area contributed by atoms with Gasteiger partial charge < -0.3 is 48.1 Å². The number of hydrogen-bond donors (Lipinski definition) is 2. The fraction of sp³-hybridized carbons (Fsp3) is 0.708. The first-order valence-corrected chi connectivity index (χ1v) is 11.6. The minimum absolute atomic E-state index is 0.166. The summed E-state index contributed by atoms with van der Waals surface area (Å²) in [5.41, 5.74) is 0. The lowest BCUT2D eigenvalue weighted by molar-refractivity contribution is -0.162. The Morgan fingerprint density at radius 1 is 0.757 bits per heavy atom. The number of ether oxygens (including phenoxy) is 8. The number of aliphatic hydroxyl groups is 1. The van der Waals surface area contributed by atoms with E-state index in [0.29, 0.717) is 13.2 Å². The highest BCUT2D eigenvalue weighted by Crippen LogP contribution is 2.11. The van der Waals surface area contributed by atoms with Crippen molar-refractivity contribution in [3.63, 3.8) is 0 Å². The number of carboxylic acids is 1. The zero-order chi connectivity index (χ0) is 28.1. The number of rotatable bonds is 22. The molecule has 0 aliphatic carbocycles. The van der Waals surface area contributed by atoms with E-state index in [4.69, 9.17) is 43.0 Å². The lowest BCUT2D eigenvalue weighted by Crippen LogP contribution is -2.32. The van der Waals surface area contributed by atoms with Crippen LogP contribution in [0, 0.1) is 0 Å². The zero-order valence-electron chi connectivity index (χ0n) is 22.0. The number of carbonyl (C=O) groups is 3. The first kappa shape index (κ1) is 34.6. The van der Waals surface area contributed by atoms with E-state index in [0.717, 1.165) is 12.2 Å². The molecule has 0 spiro atoms. The molecule has 0 aliphatic rings. The molecule has 0 radical (unpaired) electrons. The van der Waals surface area contributed by atoms with Gasteiger partial charge in [0.1, 0.15) is 38.0 Å². The largest absolute Gasteiger partial charge is 0.478 e. The van der Waals surface area contributed by atoms with Gasteiger partial charge in [-0.25, -0.2) is 9.59 Å². The zero-order valence-corrected chi connectivity index (χ0v) is 22.0. The summed E-state index contributed by atoms with van der Waals surface area (Å²) in [6, 6.07) is 0. The predicted molar refractivity (Wildman–Crippen MR) is 128 cm³/mol. The smallest absolute Gasteiger partial charge is 0.330 e. The molecule has 0 bridgehead atoms. The first-order chi connectivity index (χ1) is 17.6. The normalized spacial score (nSPS) is 15.8. The molecule has 5 atom stereocenters. The van der Waals surface area contributed by atoms with Crippen molar-refractivity contribution in [1.29, 1.82) is 0 Å². The van der Waals surface area contributed by atoms with Gasteiger partial charge in [-0.3, -0.25) is 4.79 Å². The number of esters is 2. The minimum Gasteiger partial charge on any atom is -0.478 e. The molecule has 0 unspecified atom stereocenters. The molecule has 2 N–H and O–H groups in total. The van der Waals surface area contributed by atoms with E-state index in [1.54, 1.807) is 6.92 Å². The highest BCUT2D eigenvalue weighted by molar-refractivity contribution is 5.82. The molecular weight excluding hydrogens is 496 g/mol. The van der Waals surface area contributed by atoms with Gasteiger partial charge in [0.05, 0.1) is 39.0 Å². The fourth-order valence-electron chi connectivity index (χ4n) is 2.55. The minimum atomic E-state index is -1.20. The third-order valence-corrected chi connectivity index (χ3v) is 4.41. The number of carboxylic acid groups (broad SMARTS) is 1. The van der Waals surface area contributed by atoms with Crippen molar-refractivity contribution < 1.29 is 62.5 Å². The van der Waals surface area contributed by atoms with Crippen LogP contribution in [0.3, 0.4) is 0 Å². The van der Waals surface area contributed by atoms with Crippen molar-refractivity contribution in [2.45, 2.75) is 57.7 Å². The summed E-state index contributed by atoms with van der Waals surface area (Å²) in [5.74, 6) is -2.61. The average molecular weight is 537 g/mol. The molecule has 0 saturated carbocycles. The summed E-state index contributed by atoms with van der Waals surface area (Å²) in [4.78, 5) is 35.2. The molecule has 0 aromatic heterocycles. The molecule has 0 heterocycles. The van der Waals surface area contributed by atoms with Gasteiger partial charge in [0, 0.05) is 26.4 Å². The molecule has 0 aromatic carbocycles. The van der Waals surface area contributed by atoms with Crippen molar-refractivity contribution in [3.05, 3.63) is 24.3 Å². The third-order valence-electron chi connectivity index (χ3n) is 4.41. The Bertz CT molecular complexity index is 692. The predicted octanol–water partition coefficient (Wildman–Crippen LogP) is 0.829. The van der Waals surface area contributed by atoms with Crippen LogP contribution >= 0.6 is 0 Å². The van der Waals surface area contributed by atoms with Gasteiger partial charge in [0.25, 0.3) is 0 Å². The monoisotopic (exact) mass is 536 g/mol.